The fraction of sp³-hybridized carbons (Fsp3) is 0.722. The van der Waals surface area contributed by atoms with Gasteiger partial charge < -0.3 is 24.4 Å². The minimum absolute atomic E-state index is 0.00414. The second kappa shape index (κ2) is 11.3. The standard InChI is InChI=1S/C36H50O7/c1-21-29(14-15-34(3,40)20-37)42-30-18-28-26-12-11-24-17-25(41-22(2)38)13-16-35(24,4)27(26)19-31(36(28,5)32(21)30)43-33(39)23-9-7-6-8-10-23/h6-10,18,21,24-27,29-32,37,40H,11-17,19-20H2,1-5H3/t21-,24+,25+,26-,27+,29-,30+,31+,32+,34+,35+,36-/m1/s1. The molecule has 0 amide bonds. The lowest BCUT2D eigenvalue weighted by Gasteiger charge is -2.61. The van der Waals surface area contributed by atoms with E-state index in [1.54, 1.807) is 6.92 Å². The Morgan fingerprint density at radius 1 is 1.09 bits per heavy atom. The molecule has 0 spiro atoms. The summed E-state index contributed by atoms with van der Waals surface area (Å²) in [6, 6.07) is 9.30. The molecule has 0 aromatic heterocycles. The number of hydrogen-bond donors (Lipinski definition) is 2. The van der Waals surface area contributed by atoms with Gasteiger partial charge in [0.15, 0.2) is 0 Å². The van der Waals surface area contributed by atoms with Gasteiger partial charge >= 0.3 is 11.9 Å². The molecule has 7 nitrogen and oxygen atoms in total. The Kier molecular flexibility index (Phi) is 8.09. The fourth-order valence-electron chi connectivity index (χ4n) is 10.2. The van der Waals surface area contributed by atoms with Gasteiger partial charge in [0, 0.05) is 18.3 Å². The SMILES string of the molecule is CC(=O)O[C@H]1CC[C@@]2(C)[C@@H](CC[C@H]3C4=C[C@@H]5O[C@H](CC[C@](C)(O)CO)[C@@H](C)[C@@H]5[C@@]4(C)[C@@H](OC(=O)c4ccccc4)C[C@@H]32)C1. The van der Waals surface area contributed by atoms with E-state index >= 15 is 0 Å². The van der Waals surface area contributed by atoms with E-state index in [4.69, 9.17) is 14.2 Å². The van der Waals surface area contributed by atoms with Crippen molar-refractivity contribution >= 4 is 11.9 Å². The maximum absolute atomic E-state index is 13.6. The minimum Gasteiger partial charge on any atom is -0.463 e. The summed E-state index contributed by atoms with van der Waals surface area (Å²) in [7, 11) is 0. The number of rotatable bonds is 7. The van der Waals surface area contributed by atoms with Crippen LogP contribution in [0.2, 0.25) is 0 Å². The van der Waals surface area contributed by atoms with Crippen LogP contribution in [0.3, 0.4) is 0 Å². The number of esters is 2. The van der Waals surface area contributed by atoms with E-state index in [9.17, 15) is 19.8 Å². The van der Waals surface area contributed by atoms with Crippen molar-refractivity contribution < 1.29 is 34.0 Å². The molecule has 6 rings (SSSR count). The maximum Gasteiger partial charge on any atom is 0.338 e. The summed E-state index contributed by atoms with van der Waals surface area (Å²) in [5, 5.41) is 20.1. The van der Waals surface area contributed by atoms with Crippen molar-refractivity contribution in [2.45, 2.75) is 116 Å². The van der Waals surface area contributed by atoms with E-state index in [2.05, 4.69) is 26.8 Å². The monoisotopic (exact) mass is 594 g/mol. The van der Waals surface area contributed by atoms with E-state index in [-0.39, 0.29) is 65.6 Å². The predicted octanol–water partition coefficient (Wildman–Crippen LogP) is 5.87. The first-order chi connectivity index (χ1) is 20.4. The number of benzene rings is 1. The molecular weight excluding hydrogens is 544 g/mol. The highest BCUT2D eigenvalue weighted by atomic mass is 16.5. The molecule has 1 aromatic carbocycles. The fourth-order valence-corrected chi connectivity index (χ4v) is 10.2. The number of carbonyl (C=O) groups is 2. The highest BCUT2D eigenvalue weighted by Gasteiger charge is 2.66. The van der Waals surface area contributed by atoms with Crippen molar-refractivity contribution in [1.29, 1.82) is 0 Å². The van der Waals surface area contributed by atoms with E-state index in [0.717, 1.165) is 38.5 Å². The van der Waals surface area contributed by atoms with Crippen molar-refractivity contribution in [1.82, 2.24) is 0 Å². The molecule has 0 bridgehead atoms. The third-order valence-electron chi connectivity index (χ3n) is 12.6. The highest BCUT2D eigenvalue weighted by molar-refractivity contribution is 5.89. The van der Waals surface area contributed by atoms with E-state index in [1.807, 2.05) is 30.3 Å². The number of fused-ring (bicyclic) bond motifs is 7. The molecule has 7 heteroatoms. The van der Waals surface area contributed by atoms with Gasteiger partial charge in [-0.15, -0.1) is 0 Å². The first-order valence-corrected chi connectivity index (χ1v) is 16.5. The van der Waals surface area contributed by atoms with Gasteiger partial charge in [0.25, 0.3) is 0 Å². The van der Waals surface area contributed by atoms with Gasteiger partial charge in [-0.3, -0.25) is 4.79 Å². The van der Waals surface area contributed by atoms with Gasteiger partial charge in [-0.25, -0.2) is 4.79 Å². The molecule has 4 fully saturated rings. The van der Waals surface area contributed by atoms with E-state index in [1.165, 1.54) is 12.5 Å². The van der Waals surface area contributed by atoms with Crippen molar-refractivity contribution in [3.8, 4) is 0 Å². The Labute approximate surface area is 256 Å². The quantitative estimate of drug-likeness (QED) is 0.301. The van der Waals surface area contributed by atoms with Gasteiger partial charge in [-0.1, -0.05) is 50.6 Å². The molecular formula is C36H50O7. The minimum atomic E-state index is -1.12. The third-order valence-corrected chi connectivity index (χ3v) is 12.6. The summed E-state index contributed by atoms with van der Waals surface area (Å²) in [4.78, 5) is 25.4. The number of aliphatic hydroxyl groups excluding tert-OH is 1. The molecule has 1 saturated heterocycles. The summed E-state index contributed by atoms with van der Waals surface area (Å²) in [6.07, 6.45) is 8.98. The topological polar surface area (TPSA) is 102 Å². The second-order valence-corrected chi connectivity index (χ2v) is 15.1. The molecule has 1 heterocycles. The number of aliphatic hydroxyl groups is 2. The summed E-state index contributed by atoms with van der Waals surface area (Å²) in [5.41, 5.74) is 0.603. The van der Waals surface area contributed by atoms with Crippen LogP contribution in [-0.4, -0.2) is 58.8 Å². The first-order valence-electron chi connectivity index (χ1n) is 16.5. The lowest BCUT2D eigenvalue weighted by Crippen LogP contribution is -2.57. The second-order valence-electron chi connectivity index (χ2n) is 15.1. The molecule has 236 valence electrons. The average Bonchev–Trinajstić information content (AvgIpc) is 3.46. The first kappa shape index (κ1) is 30.8. The average molecular weight is 595 g/mol. The number of ether oxygens (including phenoxy) is 3. The molecule has 5 aliphatic rings. The van der Waals surface area contributed by atoms with Gasteiger partial charge in [-0.2, -0.15) is 0 Å². The molecule has 2 N–H and O–H groups in total. The Balaban J connectivity index is 1.32. The van der Waals surface area contributed by atoms with Crippen molar-refractivity contribution in [2.24, 2.45) is 40.4 Å². The van der Waals surface area contributed by atoms with Gasteiger partial charge in [0.05, 0.1) is 30.0 Å². The molecule has 43 heavy (non-hydrogen) atoms. The smallest absolute Gasteiger partial charge is 0.338 e. The van der Waals surface area contributed by atoms with Crippen LogP contribution in [0.25, 0.3) is 0 Å². The van der Waals surface area contributed by atoms with Gasteiger partial charge in [-0.05, 0) is 99.5 Å². The van der Waals surface area contributed by atoms with Crippen LogP contribution >= 0.6 is 0 Å². The zero-order chi connectivity index (χ0) is 30.7. The lowest BCUT2D eigenvalue weighted by atomic mass is 9.45. The summed E-state index contributed by atoms with van der Waals surface area (Å²) >= 11 is 0. The molecule has 1 aromatic rings. The third kappa shape index (κ3) is 5.27. The molecule has 3 saturated carbocycles. The molecule has 12 atom stereocenters. The number of carbonyl (C=O) groups excluding carboxylic acids is 2. The van der Waals surface area contributed by atoms with Crippen LogP contribution in [0.1, 0.15) is 96.3 Å². The van der Waals surface area contributed by atoms with Gasteiger partial charge in [0.1, 0.15) is 12.2 Å². The molecule has 0 radical (unpaired) electrons. The van der Waals surface area contributed by atoms with Crippen LogP contribution in [-0.2, 0) is 19.0 Å². The predicted molar refractivity (Wildman–Crippen MR) is 162 cm³/mol. The Bertz CT molecular complexity index is 1240. The van der Waals surface area contributed by atoms with Crippen LogP contribution in [0, 0.1) is 40.4 Å². The largest absolute Gasteiger partial charge is 0.463 e. The van der Waals surface area contributed by atoms with Crippen molar-refractivity contribution in [2.75, 3.05) is 6.61 Å². The Hall–Kier alpha value is -2.22. The Morgan fingerprint density at radius 2 is 1.84 bits per heavy atom. The number of hydrogen-bond acceptors (Lipinski definition) is 7. The zero-order valence-corrected chi connectivity index (χ0v) is 26.5. The summed E-state index contributed by atoms with van der Waals surface area (Å²) in [5.74, 6) is 1.18. The molecule has 4 aliphatic carbocycles. The van der Waals surface area contributed by atoms with Crippen LogP contribution in [0.15, 0.2) is 42.0 Å². The van der Waals surface area contributed by atoms with Crippen LogP contribution in [0.5, 0.6) is 0 Å². The van der Waals surface area contributed by atoms with Gasteiger partial charge in [0.2, 0.25) is 0 Å². The van der Waals surface area contributed by atoms with E-state index < -0.39 is 5.60 Å². The Morgan fingerprint density at radius 3 is 2.53 bits per heavy atom. The highest BCUT2D eigenvalue weighted by Crippen LogP contribution is 2.68. The maximum atomic E-state index is 13.6. The van der Waals surface area contributed by atoms with Crippen LogP contribution < -0.4 is 0 Å². The molecule has 0 unspecified atom stereocenters. The summed E-state index contributed by atoms with van der Waals surface area (Å²) in [6.45, 7) is 9.91. The van der Waals surface area contributed by atoms with Crippen LogP contribution in [0.4, 0.5) is 0 Å². The van der Waals surface area contributed by atoms with Crippen molar-refractivity contribution in [3.63, 3.8) is 0 Å². The summed E-state index contributed by atoms with van der Waals surface area (Å²) < 4.78 is 19.0. The normalized spacial score (nSPS) is 42.9. The lowest BCUT2D eigenvalue weighted by molar-refractivity contribution is -0.158. The molecule has 1 aliphatic heterocycles. The van der Waals surface area contributed by atoms with E-state index in [0.29, 0.717) is 36.2 Å². The zero-order valence-electron chi connectivity index (χ0n) is 26.5. The van der Waals surface area contributed by atoms with Crippen molar-refractivity contribution in [3.05, 3.63) is 47.5 Å².